The van der Waals surface area contributed by atoms with Crippen molar-refractivity contribution in [3.63, 3.8) is 0 Å². The largest absolute Gasteiger partial charge is 0.494 e. The normalized spacial score (nSPS) is 11.9. The Morgan fingerprint density at radius 3 is 2.77 bits per heavy atom. The highest BCUT2D eigenvalue weighted by Gasteiger charge is 2.15. The number of rotatable bonds is 6. The van der Waals surface area contributed by atoms with Crippen LogP contribution < -0.4 is 9.46 Å². The number of nitrogens with zero attached hydrogens (tertiary/aromatic N) is 4. The molecule has 0 saturated heterocycles. The smallest absolute Gasteiger partial charge is 0.240 e. The van der Waals surface area contributed by atoms with Gasteiger partial charge in [-0.25, -0.2) is 13.1 Å². The zero-order chi connectivity index (χ0) is 15.6. The summed E-state index contributed by atoms with van der Waals surface area (Å²) in [6.45, 7) is 2.50. The number of benzene rings is 1. The summed E-state index contributed by atoms with van der Waals surface area (Å²) in [4.78, 5) is 0.800. The molecule has 0 aliphatic rings. The van der Waals surface area contributed by atoms with E-state index in [1.54, 1.807) is 12.1 Å². The predicted molar refractivity (Wildman–Crippen MR) is 80.3 cm³/mol. The van der Waals surface area contributed by atoms with E-state index in [2.05, 4.69) is 20.0 Å². The Balaban J connectivity index is 1.71. The van der Waals surface area contributed by atoms with Gasteiger partial charge in [-0.3, -0.25) is 0 Å². The average molecular weight is 339 g/mol. The summed E-state index contributed by atoms with van der Waals surface area (Å²) in [5, 5.41) is 12.3. The topological polar surface area (TPSA) is 98.5 Å². The van der Waals surface area contributed by atoms with E-state index in [-0.39, 0.29) is 11.4 Å². The molecular weight excluding hydrogens is 326 g/mol. The van der Waals surface area contributed by atoms with E-state index in [0.29, 0.717) is 22.3 Å². The van der Waals surface area contributed by atoms with Gasteiger partial charge in [0.1, 0.15) is 17.1 Å². The molecule has 0 bridgehead atoms. The van der Waals surface area contributed by atoms with Crippen molar-refractivity contribution >= 4 is 26.3 Å². The van der Waals surface area contributed by atoms with E-state index >= 15 is 0 Å². The van der Waals surface area contributed by atoms with Gasteiger partial charge < -0.3 is 4.74 Å². The lowest BCUT2D eigenvalue weighted by atomic mass is 10.3. The van der Waals surface area contributed by atoms with Crippen molar-refractivity contribution in [3.8, 4) is 5.75 Å². The molecule has 0 radical (unpaired) electrons. The summed E-state index contributed by atoms with van der Waals surface area (Å²) < 4.78 is 33.7. The molecule has 1 N–H and O–H groups in total. The maximum atomic E-state index is 12.2. The van der Waals surface area contributed by atoms with Crippen LogP contribution in [0.4, 0.5) is 0 Å². The van der Waals surface area contributed by atoms with Crippen molar-refractivity contribution in [1.29, 1.82) is 0 Å². The van der Waals surface area contributed by atoms with Crippen molar-refractivity contribution in [2.45, 2.75) is 18.4 Å². The van der Waals surface area contributed by atoms with Gasteiger partial charge >= 0.3 is 0 Å². The molecule has 0 unspecified atom stereocenters. The highest BCUT2D eigenvalue weighted by atomic mass is 32.2. The van der Waals surface area contributed by atoms with Gasteiger partial charge in [0.15, 0.2) is 0 Å². The third kappa shape index (κ3) is 3.08. The molecule has 3 aromatic rings. The molecular formula is C12H13N5O3S2. The molecule has 2 aromatic heterocycles. The fourth-order valence-electron chi connectivity index (χ4n) is 1.79. The first-order valence-electron chi connectivity index (χ1n) is 6.47. The molecule has 0 amide bonds. The van der Waals surface area contributed by atoms with Crippen LogP contribution in [0.2, 0.25) is 0 Å². The third-order valence-corrected chi connectivity index (χ3v) is 5.12. The van der Waals surface area contributed by atoms with Crippen LogP contribution in [0.1, 0.15) is 11.9 Å². The molecule has 116 valence electrons. The van der Waals surface area contributed by atoms with Gasteiger partial charge in [0.25, 0.3) is 0 Å². The molecule has 2 heterocycles. The maximum absolute atomic E-state index is 12.2. The number of nitrogens with one attached hydrogen (secondary N) is 1. The lowest BCUT2D eigenvalue weighted by Gasteiger charge is -2.06. The predicted octanol–water partition coefficient (Wildman–Crippen LogP) is 1.06. The Bertz CT molecular complexity index is 841. The Hall–Kier alpha value is -2.04. The lowest BCUT2D eigenvalue weighted by Crippen LogP contribution is -2.23. The van der Waals surface area contributed by atoms with Crippen LogP contribution in [0, 0.1) is 0 Å². The first kappa shape index (κ1) is 14.9. The number of ether oxygens (including phenoxy) is 1. The van der Waals surface area contributed by atoms with Gasteiger partial charge in [0.05, 0.1) is 18.0 Å². The number of hydrogen-bond donors (Lipinski definition) is 1. The van der Waals surface area contributed by atoms with Crippen LogP contribution in [0.25, 0.3) is 4.96 Å². The average Bonchev–Trinajstić information content (AvgIpc) is 3.07. The summed E-state index contributed by atoms with van der Waals surface area (Å²) in [7, 11) is -3.59. The molecule has 0 aliphatic heterocycles. The Labute approximate surface area is 130 Å². The standard InChI is InChI=1S/C12H13N5O3S2/c1-2-20-9-3-5-10(6-4-9)22(18,19)14-7-11-16-17-8-13-15-12(17)21-11/h3-6,8,14H,2,7H2,1H3. The Morgan fingerprint density at radius 2 is 2.09 bits per heavy atom. The summed E-state index contributed by atoms with van der Waals surface area (Å²) in [5.41, 5.74) is 0. The van der Waals surface area contributed by atoms with Crippen molar-refractivity contribution < 1.29 is 13.2 Å². The Kier molecular flexibility index (Phi) is 4.05. The van der Waals surface area contributed by atoms with Crippen molar-refractivity contribution in [1.82, 2.24) is 24.5 Å². The molecule has 0 saturated carbocycles. The summed E-state index contributed by atoms with van der Waals surface area (Å²) in [5.74, 6) is 0.634. The molecule has 10 heteroatoms. The summed E-state index contributed by atoms with van der Waals surface area (Å²) >= 11 is 1.28. The fraction of sp³-hybridized carbons (Fsp3) is 0.250. The monoisotopic (exact) mass is 339 g/mol. The number of hydrogen-bond acceptors (Lipinski definition) is 7. The van der Waals surface area contributed by atoms with E-state index in [9.17, 15) is 8.42 Å². The van der Waals surface area contributed by atoms with Crippen molar-refractivity contribution in [2.75, 3.05) is 6.61 Å². The number of fused-ring (bicyclic) bond motifs is 1. The molecule has 0 spiro atoms. The van der Waals surface area contributed by atoms with Crippen LogP contribution in [0.5, 0.6) is 5.75 Å². The van der Waals surface area contributed by atoms with Gasteiger partial charge in [0.2, 0.25) is 15.0 Å². The van der Waals surface area contributed by atoms with E-state index in [0.717, 1.165) is 0 Å². The summed E-state index contributed by atoms with van der Waals surface area (Å²) in [6.07, 6.45) is 1.47. The van der Waals surface area contributed by atoms with Crippen LogP contribution >= 0.6 is 11.3 Å². The number of sulfonamides is 1. The number of aromatic nitrogens is 4. The third-order valence-electron chi connectivity index (χ3n) is 2.79. The molecule has 0 fully saturated rings. The first-order chi connectivity index (χ1) is 10.6. The Morgan fingerprint density at radius 1 is 1.32 bits per heavy atom. The minimum atomic E-state index is -3.59. The van der Waals surface area contributed by atoms with Gasteiger partial charge in [-0.05, 0) is 31.2 Å². The second-order valence-electron chi connectivity index (χ2n) is 4.28. The van der Waals surface area contributed by atoms with Crippen LogP contribution in [0.15, 0.2) is 35.5 Å². The van der Waals surface area contributed by atoms with Crippen molar-refractivity contribution in [2.24, 2.45) is 0 Å². The van der Waals surface area contributed by atoms with Gasteiger partial charge in [-0.2, -0.15) is 9.61 Å². The van der Waals surface area contributed by atoms with Crippen LogP contribution in [-0.2, 0) is 16.6 Å². The molecule has 1 aromatic carbocycles. The SMILES string of the molecule is CCOc1ccc(S(=O)(=O)NCc2nn3cnnc3s2)cc1. The van der Waals surface area contributed by atoms with Crippen LogP contribution in [0.3, 0.4) is 0 Å². The minimum Gasteiger partial charge on any atom is -0.494 e. The molecule has 0 aliphatic carbocycles. The lowest BCUT2D eigenvalue weighted by molar-refractivity contribution is 0.340. The van der Waals surface area contributed by atoms with Crippen molar-refractivity contribution in [3.05, 3.63) is 35.6 Å². The second-order valence-corrected chi connectivity index (χ2v) is 7.09. The fourth-order valence-corrected chi connectivity index (χ4v) is 3.63. The van der Waals surface area contributed by atoms with E-state index in [1.807, 2.05) is 6.92 Å². The molecule has 3 rings (SSSR count). The molecule has 22 heavy (non-hydrogen) atoms. The zero-order valence-electron chi connectivity index (χ0n) is 11.6. The molecule has 8 nitrogen and oxygen atoms in total. The van der Waals surface area contributed by atoms with E-state index in [4.69, 9.17) is 4.74 Å². The summed E-state index contributed by atoms with van der Waals surface area (Å²) in [6, 6.07) is 6.26. The van der Waals surface area contributed by atoms with Gasteiger partial charge in [-0.1, -0.05) is 11.3 Å². The van der Waals surface area contributed by atoms with Gasteiger partial charge in [0, 0.05) is 0 Å². The van der Waals surface area contributed by atoms with E-state index < -0.39 is 10.0 Å². The van der Waals surface area contributed by atoms with Gasteiger partial charge in [-0.15, -0.1) is 10.2 Å². The first-order valence-corrected chi connectivity index (χ1v) is 8.77. The van der Waals surface area contributed by atoms with Crippen LogP contribution in [-0.4, -0.2) is 34.8 Å². The maximum Gasteiger partial charge on any atom is 0.240 e. The van der Waals surface area contributed by atoms with E-state index in [1.165, 1.54) is 34.3 Å². The quantitative estimate of drug-likeness (QED) is 0.721. The zero-order valence-corrected chi connectivity index (χ0v) is 13.3. The highest BCUT2D eigenvalue weighted by Crippen LogP contribution is 2.17. The molecule has 0 atom stereocenters. The second kappa shape index (κ2) is 5.99. The highest BCUT2D eigenvalue weighted by molar-refractivity contribution is 7.89. The minimum absolute atomic E-state index is 0.101.